The van der Waals surface area contributed by atoms with Gasteiger partial charge in [0.25, 0.3) is 0 Å². The predicted octanol–water partition coefficient (Wildman–Crippen LogP) is 4.02. The fourth-order valence-corrected chi connectivity index (χ4v) is 4.27. The monoisotopic (exact) mass is 454 g/mol. The Morgan fingerprint density at radius 1 is 0.875 bits per heavy atom. The Morgan fingerprint density at radius 2 is 1.59 bits per heavy atom. The van der Waals surface area contributed by atoms with Gasteiger partial charge in [-0.2, -0.15) is 0 Å². The van der Waals surface area contributed by atoms with Crippen LogP contribution in [-0.2, 0) is 27.8 Å². The fraction of sp³-hybridized carbons (Fsp3) is 0.208. The molecule has 0 N–H and O–H groups in total. The van der Waals surface area contributed by atoms with Crippen LogP contribution in [0.25, 0.3) is 11.1 Å². The summed E-state index contributed by atoms with van der Waals surface area (Å²) in [6, 6.07) is 15.6. The first-order valence-corrected chi connectivity index (χ1v) is 11.7. The average Bonchev–Trinajstić information content (AvgIpc) is 3.17. The van der Waals surface area contributed by atoms with Crippen LogP contribution in [0, 0.1) is 0 Å². The largest absolute Gasteiger partial charge is 0.493 e. The standard InChI is InChI=1S/C24H22O7S/c1-28-21-12-11-18(17-5-4-6-19-20(17)14-31-24(19)25)22(23(21)29-2)30-13-15-7-9-16(10-8-15)32(3,26)27/h4-12H,13-14H2,1-3H3. The second-order valence-electron chi connectivity index (χ2n) is 7.29. The van der Waals surface area contributed by atoms with Gasteiger partial charge < -0.3 is 18.9 Å². The Labute approximate surface area is 186 Å². The summed E-state index contributed by atoms with van der Waals surface area (Å²) in [6.45, 7) is 0.357. The van der Waals surface area contributed by atoms with Crippen LogP contribution >= 0.6 is 0 Å². The Kier molecular flexibility index (Phi) is 5.80. The van der Waals surface area contributed by atoms with E-state index in [2.05, 4.69) is 0 Å². The van der Waals surface area contributed by atoms with Crippen LogP contribution in [0.5, 0.6) is 17.2 Å². The Bertz CT molecular complexity index is 1280. The number of carbonyl (C=O) groups excluding carboxylic acids is 1. The van der Waals surface area contributed by atoms with Gasteiger partial charge in [0.2, 0.25) is 5.75 Å². The van der Waals surface area contributed by atoms with Crippen LogP contribution in [0.1, 0.15) is 21.5 Å². The van der Waals surface area contributed by atoms with Gasteiger partial charge in [-0.1, -0.05) is 24.3 Å². The molecule has 1 heterocycles. The summed E-state index contributed by atoms with van der Waals surface area (Å²) in [5, 5.41) is 0. The number of benzene rings is 3. The molecule has 0 atom stereocenters. The number of hydrogen-bond acceptors (Lipinski definition) is 7. The molecule has 0 fully saturated rings. The molecular weight excluding hydrogens is 432 g/mol. The van der Waals surface area contributed by atoms with Crippen molar-refractivity contribution in [3.8, 4) is 28.4 Å². The second-order valence-corrected chi connectivity index (χ2v) is 9.31. The summed E-state index contributed by atoms with van der Waals surface area (Å²) >= 11 is 0. The highest BCUT2D eigenvalue weighted by molar-refractivity contribution is 7.90. The maximum atomic E-state index is 12.0. The maximum Gasteiger partial charge on any atom is 0.338 e. The molecule has 3 aromatic carbocycles. The van der Waals surface area contributed by atoms with Crippen LogP contribution in [0.3, 0.4) is 0 Å². The lowest BCUT2D eigenvalue weighted by molar-refractivity contribution is 0.0535. The summed E-state index contributed by atoms with van der Waals surface area (Å²) in [6.07, 6.45) is 1.17. The molecule has 0 saturated heterocycles. The molecule has 8 heteroatoms. The lowest BCUT2D eigenvalue weighted by atomic mass is 9.95. The smallest absolute Gasteiger partial charge is 0.338 e. The lowest BCUT2D eigenvalue weighted by Gasteiger charge is -2.19. The average molecular weight is 455 g/mol. The summed E-state index contributed by atoms with van der Waals surface area (Å²) in [5.41, 5.74) is 3.62. The highest BCUT2D eigenvalue weighted by atomic mass is 32.2. The van der Waals surface area contributed by atoms with E-state index >= 15 is 0 Å². The molecule has 0 bridgehead atoms. The van der Waals surface area contributed by atoms with Crippen molar-refractivity contribution in [3.05, 3.63) is 71.3 Å². The predicted molar refractivity (Wildman–Crippen MR) is 118 cm³/mol. The van der Waals surface area contributed by atoms with E-state index in [0.29, 0.717) is 22.8 Å². The van der Waals surface area contributed by atoms with E-state index in [9.17, 15) is 13.2 Å². The first kappa shape index (κ1) is 21.7. The highest BCUT2D eigenvalue weighted by Crippen LogP contribution is 2.46. The Morgan fingerprint density at radius 3 is 2.25 bits per heavy atom. The molecule has 0 amide bonds. The number of fused-ring (bicyclic) bond motifs is 1. The minimum Gasteiger partial charge on any atom is -0.493 e. The van der Waals surface area contributed by atoms with Crippen LogP contribution in [0.2, 0.25) is 0 Å². The van der Waals surface area contributed by atoms with Gasteiger partial charge in [-0.05, 0) is 41.5 Å². The van der Waals surface area contributed by atoms with Gasteiger partial charge in [-0.25, -0.2) is 13.2 Å². The van der Waals surface area contributed by atoms with Crippen molar-refractivity contribution >= 4 is 15.8 Å². The van der Waals surface area contributed by atoms with E-state index in [1.807, 2.05) is 12.1 Å². The van der Waals surface area contributed by atoms with Crippen molar-refractivity contribution in [2.75, 3.05) is 20.5 Å². The van der Waals surface area contributed by atoms with Crippen molar-refractivity contribution in [2.24, 2.45) is 0 Å². The first-order valence-electron chi connectivity index (χ1n) is 9.79. The van der Waals surface area contributed by atoms with E-state index in [1.165, 1.54) is 20.5 Å². The van der Waals surface area contributed by atoms with Crippen LogP contribution in [-0.4, -0.2) is 34.9 Å². The van der Waals surface area contributed by atoms with Gasteiger partial charge in [0.1, 0.15) is 13.2 Å². The van der Waals surface area contributed by atoms with Gasteiger partial charge in [0.05, 0.1) is 24.7 Å². The van der Waals surface area contributed by atoms with Crippen molar-refractivity contribution in [3.63, 3.8) is 0 Å². The highest BCUT2D eigenvalue weighted by Gasteiger charge is 2.27. The van der Waals surface area contributed by atoms with Crippen molar-refractivity contribution in [1.82, 2.24) is 0 Å². The lowest BCUT2D eigenvalue weighted by Crippen LogP contribution is -2.03. The van der Waals surface area contributed by atoms with E-state index in [1.54, 1.807) is 42.5 Å². The summed E-state index contributed by atoms with van der Waals surface area (Å²) in [4.78, 5) is 12.3. The molecule has 166 valence electrons. The SMILES string of the molecule is COc1ccc(-c2cccc3c2COC3=O)c(OCc2ccc(S(C)(=O)=O)cc2)c1OC. The van der Waals surface area contributed by atoms with E-state index < -0.39 is 9.84 Å². The molecule has 0 spiro atoms. The van der Waals surface area contributed by atoms with Gasteiger partial charge in [0.15, 0.2) is 21.3 Å². The van der Waals surface area contributed by atoms with Gasteiger partial charge in [-0.3, -0.25) is 0 Å². The number of methoxy groups -OCH3 is 2. The van der Waals surface area contributed by atoms with E-state index in [4.69, 9.17) is 18.9 Å². The first-order chi connectivity index (χ1) is 15.3. The Balaban J connectivity index is 1.75. The molecule has 0 saturated carbocycles. The van der Waals surface area contributed by atoms with Crippen LogP contribution < -0.4 is 14.2 Å². The molecular formula is C24H22O7S. The molecule has 0 unspecified atom stereocenters. The molecule has 4 rings (SSSR count). The van der Waals surface area contributed by atoms with Gasteiger partial charge in [0, 0.05) is 17.4 Å². The molecule has 0 aliphatic carbocycles. The number of sulfone groups is 1. The summed E-state index contributed by atoms with van der Waals surface area (Å²) < 4.78 is 45.8. The molecule has 0 aromatic heterocycles. The zero-order chi connectivity index (χ0) is 22.9. The number of esters is 1. The molecule has 1 aliphatic heterocycles. The minimum atomic E-state index is -3.28. The topological polar surface area (TPSA) is 88.1 Å². The zero-order valence-corrected chi connectivity index (χ0v) is 18.7. The molecule has 1 aliphatic rings. The third-order valence-electron chi connectivity index (χ3n) is 5.27. The molecule has 0 radical (unpaired) electrons. The van der Waals surface area contributed by atoms with Crippen molar-refractivity contribution in [1.29, 1.82) is 0 Å². The Hall–Kier alpha value is -3.52. The van der Waals surface area contributed by atoms with Crippen molar-refractivity contribution < 1.29 is 32.2 Å². The normalized spacial score (nSPS) is 12.8. The van der Waals surface area contributed by atoms with E-state index in [0.717, 1.165) is 22.3 Å². The van der Waals surface area contributed by atoms with Crippen molar-refractivity contribution in [2.45, 2.75) is 18.1 Å². The van der Waals surface area contributed by atoms with Gasteiger partial charge in [-0.15, -0.1) is 0 Å². The maximum absolute atomic E-state index is 12.0. The van der Waals surface area contributed by atoms with Crippen LogP contribution in [0.15, 0.2) is 59.5 Å². The van der Waals surface area contributed by atoms with E-state index in [-0.39, 0.29) is 24.1 Å². The quantitative estimate of drug-likeness (QED) is 0.498. The zero-order valence-electron chi connectivity index (χ0n) is 17.9. The van der Waals surface area contributed by atoms with Crippen LogP contribution in [0.4, 0.5) is 0 Å². The van der Waals surface area contributed by atoms with Gasteiger partial charge >= 0.3 is 5.97 Å². The summed E-state index contributed by atoms with van der Waals surface area (Å²) in [5.74, 6) is 1.02. The third-order valence-corrected chi connectivity index (χ3v) is 6.40. The minimum absolute atomic E-state index is 0.172. The fourth-order valence-electron chi connectivity index (χ4n) is 3.64. The molecule has 3 aromatic rings. The molecule has 32 heavy (non-hydrogen) atoms. The number of carbonyl (C=O) groups is 1. The second kappa shape index (κ2) is 8.55. The molecule has 7 nitrogen and oxygen atoms in total. The number of cyclic esters (lactones) is 1. The summed E-state index contributed by atoms with van der Waals surface area (Å²) in [7, 11) is -0.211. The number of ether oxygens (including phenoxy) is 4. The number of hydrogen-bond donors (Lipinski definition) is 0. The third kappa shape index (κ3) is 4.01. The number of rotatable bonds is 7.